The van der Waals surface area contributed by atoms with Gasteiger partial charge in [0.05, 0.1) is 11.8 Å². The Morgan fingerprint density at radius 1 is 1.16 bits per heavy atom. The predicted octanol–water partition coefficient (Wildman–Crippen LogP) is 4.40. The third-order valence-electron chi connectivity index (χ3n) is 6.24. The van der Waals surface area contributed by atoms with E-state index in [4.69, 9.17) is 4.42 Å². The number of aromatic nitrogens is 2. The van der Waals surface area contributed by atoms with Gasteiger partial charge < -0.3 is 19.5 Å². The number of amides is 1. The summed E-state index contributed by atoms with van der Waals surface area (Å²) in [6, 6.07) is 9.69. The number of nitrogens with zero attached hydrogens (tertiary/aromatic N) is 3. The molecule has 1 saturated heterocycles. The molecule has 2 aromatic heterocycles. The Morgan fingerprint density at radius 3 is 2.39 bits per heavy atom. The number of hydrogen-bond acceptors (Lipinski definition) is 5. The first-order valence-corrected chi connectivity index (χ1v) is 10.3. The fraction of sp³-hybridized carbons (Fsp3) is 0.375. The average molecular weight is 421 g/mol. The van der Waals surface area contributed by atoms with Crippen LogP contribution in [0.25, 0.3) is 11.5 Å². The molecular formula is C24H27N3O4. The quantitative estimate of drug-likeness (QED) is 0.633. The minimum absolute atomic E-state index is 0.215. The van der Waals surface area contributed by atoms with Crippen LogP contribution in [0.2, 0.25) is 0 Å². The summed E-state index contributed by atoms with van der Waals surface area (Å²) < 4.78 is 5.64. The number of pyridine rings is 1. The third-order valence-corrected chi connectivity index (χ3v) is 6.24. The second kappa shape index (κ2) is 7.50. The van der Waals surface area contributed by atoms with Crippen LogP contribution in [-0.2, 0) is 5.60 Å². The van der Waals surface area contributed by atoms with Gasteiger partial charge in [0.25, 0.3) is 0 Å². The number of likely N-dealkylation sites (tertiary alicyclic amines) is 1. The van der Waals surface area contributed by atoms with Crippen LogP contribution < -0.4 is 0 Å². The Morgan fingerprint density at radius 2 is 1.84 bits per heavy atom. The minimum Gasteiger partial charge on any atom is -0.465 e. The maximum absolute atomic E-state index is 12.2. The molecule has 7 heteroatoms. The van der Waals surface area contributed by atoms with Gasteiger partial charge >= 0.3 is 6.09 Å². The highest BCUT2D eigenvalue weighted by atomic mass is 16.4. The Kier molecular flexibility index (Phi) is 5.09. The highest BCUT2D eigenvalue weighted by molar-refractivity contribution is 5.67. The van der Waals surface area contributed by atoms with Gasteiger partial charge in [-0.2, -0.15) is 0 Å². The van der Waals surface area contributed by atoms with E-state index in [-0.39, 0.29) is 13.1 Å². The third kappa shape index (κ3) is 3.49. The molecule has 31 heavy (non-hydrogen) atoms. The van der Waals surface area contributed by atoms with Crippen molar-refractivity contribution in [3.05, 3.63) is 71.4 Å². The molecule has 3 aromatic rings. The van der Waals surface area contributed by atoms with E-state index in [1.807, 2.05) is 44.2 Å². The van der Waals surface area contributed by atoms with Crippen molar-refractivity contribution in [3.8, 4) is 11.5 Å². The number of carbonyl (C=O) groups is 1. The Labute approximate surface area is 181 Å². The molecule has 4 rings (SSSR count). The summed E-state index contributed by atoms with van der Waals surface area (Å²) in [5.41, 5.74) is 0.925. The molecule has 0 spiro atoms. The van der Waals surface area contributed by atoms with Crippen LogP contribution in [0, 0.1) is 12.3 Å². The lowest BCUT2D eigenvalue weighted by atomic mass is 9.62. The van der Waals surface area contributed by atoms with Crippen LogP contribution in [0.15, 0.2) is 53.3 Å². The van der Waals surface area contributed by atoms with Crippen molar-refractivity contribution < 1.29 is 19.4 Å². The molecule has 7 nitrogen and oxygen atoms in total. The maximum atomic E-state index is 12.2. The van der Waals surface area contributed by atoms with Gasteiger partial charge in [0.1, 0.15) is 11.4 Å². The van der Waals surface area contributed by atoms with Crippen molar-refractivity contribution in [1.29, 1.82) is 0 Å². The maximum Gasteiger partial charge on any atom is 0.407 e. The van der Waals surface area contributed by atoms with Crippen LogP contribution in [0.4, 0.5) is 4.79 Å². The van der Waals surface area contributed by atoms with Crippen LogP contribution >= 0.6 is 0 Å². The minimum atomic E-state index is -1.45. The van der Waals surface area contributed by atoms with Crippen molar-refractivity contribution in [2.75, 3.05) is 13.1 Å². The van der Waals surface area contributed by atoms with E-state index < -0.39 is 17.1 Å². The standard InChI is InChI=1S/C24H27N3O4/c1-15(2)17-5-7-19(8-6-17)24(30,23(4)13-27(14-23)22(28)29)20-9-18(11-25-12-20)21-26-10-16(3)31-21/h5-12,15,30H,13-14H2,1-4H3,(H,28,29)/t24-/m0/s1. The number of aryl methyl sites for hydroxylation is 1. The highest BCUT2D eigenvalue weighted by Crippen LogP contribution is 2.51. The predicted molar refractivity (Wildman–Crippen MR) is 116 cm³/mol. The number of benzene rings is 1. The fourth-order valence-electron chi connectivity index (χ4n) is 4.38. The summed E-state index contributed by atoms with van der Waals surface area (Å²) >= 11 is 0. The summed E-state index contributed by atoms with van der Waals surface area (Å²) in [6.45, 7) is 8.39. The van der Waals surface area contributed by atoms with Gasteiger partial charge in [-0.05, 0) is 30.0 Å². The number of aliphatic hydroxyl groups is 1. The first-order valence-electron chi connectivity index (χ1n) is 10.3. The molecule has 0 unspecified atom stereocenters. The molecule has 0 bridgehead atoms. The molecule has 1 amide bonds. The zero-order chi connectivity index (χ0) is 22.4. The fourth-order valence-corrected chi connectivity index (χ4v) is 4.38. The van der Waals surface area contributed by atoms with Crippen molar-refractivity contribution in [3.63, 3.8) is 0 Å². The summed E-state index contributed by atoms with van der Waals surface area (Å²) in [5.74, 6) is 1.47. The van der Waals surface area contributed by atoms with Crippen molar-refractivity contribution >= 4 is 6.09 Å². The van der Waals surface area contributed by atoms with Gasteiger partial charge in [0.15, 0.2) is 0 Å². The number of hydrogen-bond donors (Lipinski definition) is 2. The summed E-state index contributed by atoms with van der Waals surface area (Å²) in [4.78, 5) is 21.4. The molecule has 1 aromatic carbocycles. The lowest BCUT2D eigenvalue weighted by Crippen LogP contribution is -2.66. The van der Waals surface area contributed by atoms with E-state index in [1.54, 1.807) is 18.6 Å². The van der Waals surface area contributed by atoms with Crippen molar-refractivity contribution in [2.45, 2.75) is 39.2 Å². The van der Waals surface area contributed by atoms with E-state index in [0.29, 0.717) is 34.3 Å². The highest BCUT2D eigenvalue weighted by Gasteiger charge is 2.57. The second-order valence-electron chi connectivity index (χ2n) is 8.92. The van der Waals surface area contributed by atoms with E-state index in [9.17, 15) is 15.0 Å². The smallest absolute Gasteiger partial charge is 0.407 e. The summed E-state index contributed by atoms with van der Waals surface area (Å²) in [6.07, 6.45) is 3.92. The molecular weight excluding hydrogens is 394 g/mol. The Bertz CT molecular complexity index is 1100. The monoisotopic (exact) mass is 421 g/mol. The van der Waals surface area contributed by atoms with Crippen LogP contribution in [0.5, 0.6) is 0 Å². The van der Waals surface area contributed by atoms with Gasteiger partial charge in [0.2, 0.25) is 5.89 Å². The van der Waals surface area contributed by atoms with Gasteiger partial charge in [-0.1, -0.05) is 45.0 Å². The van der Waals surface area contributed by atoms with Crippen LogP contribution in [-0.4, -0.2) is 44.3 Å². The lowest BCUT2D eigenvalue weighted by molar-refractivity contribution is -0.124. The lowest BCUT2D eigenvalue weighted by Gasteiger charge is -2.55. The Balaban J connectivity index is 1.82. The van der Waals surface area contributed by atoms with Gasteiger partial charge in [-0.25, -0.2) is 9.78 Å². The average Bonchev–Trinajstić information content (AvgIpc) is 3.17. The zero-order valence-electron chi connectivity index (χ0n) is 18.2. The molecule has 3 heterocycles. The largest absolute Gasteiger partial charge is 0.465 e. The topological polar surface area (TPSA) is 99.7 Å². The summed E-state index contributed by atoms with van der Waals surface area (Å²) in [7, 11) is 0. The number of carboxylic acid groups (broad SMARTS) is 1. The van der Waals surface area contributed by atoms with Crippen LogP contribution in [0.3, 0.4) is 0 Å². The molecule has 2 N–H and O–H groups in total. The number of oxazole rings is 1. The first kappa shape index (κ1) is 21.1. The second-order valence-corrected chi connectivity index (χ2v) is 8.92. The molecule has 0 aliphatic carbocycles. The molecule has 1 aliphatic heterocycles. The molecule has 162 valence electrons. The normalized spacial score (nSPS) is 17.3. The zero-order valence-corrected chi connectivity index (χ0v) is 18.2. The first-order chi connectivity index (χ1) is 14.6. The Hall–Kier alpha value is -3.19. The molecule has 0 saturated carbocycles. The molecule has 1 fully saturated rings. The molecule has 1 aliphatic rings. The van der Waals surface area contributed by atoms with Gasteiger partial charge in [-0.3, -0.25) is 4.98 Å². The van der Waals surface area contributed by atoms with Gasteiger partial charge in [-0.15, -0.1) is 0 Å². The van der Waals surface area contributed by atoms with Crippen molar-refractivity contribution in [1.82, 2.24) is 14.9 Å². The van der Waals surface area contributed by atoms with E-state index >= 15 is 0 Å². The number of rotatable bonds is 5. The molecule has 0 radical (unpaired) electrons. The SMILES string of the molecule is Cc1cnc(-c2cncc([C@@](O)(c3ccc(C(C)C)cc3)C3(C)CN(C(=O)O)C3)c2)o1. The molecule has 1 atom stereocenters. The van der Waals surface area contributed by atoms with Crippen LogP contribution in [0.1, 0.15) is 49.1 Å². The van der Waals surface area contributed by atoms with Gasteiger partial charge in [0, 0.05) is 36.5 Å². The van der Waals surface area contributed by atoms with E-state index in [2.05, 4.69) is 23.8 Å². The van der Waals surface area contributed by atoms with E-state index in [1.165, 1.54) is 10.5 Å². The van der Waals surface area contributed by atoms with Crippen molar-refractivity contribution in [2.24, 2.45) is 5.41 Å². The van der Waals surface area contributed by atoms with E-state index in [0.717, 1.165) is 0 Å². The summed E-state index contributed by atoms with van der Waals surface area (Å²) in [5, 5.41) is 21.6.